The molecule has 2 atom stereocenters. The van der Waals surface area contributed by atoms with Crippen molar-refractivity contribution in [2.24, 2.45) is 0 Å². The predicted molar refractivity (Wildman–Crippen MR) is 74.5 cm³/mol. The van der Waals surface area contributed by atoms with Crippen molar-refractivity contribution >= 4 is 11.6 Å². The lowest BCUT2D eigenvalue weighted by atomic mass is 10.1. The molecule has 19 heavy (non-hydrogen) atoms. The Labute approximate surface area is 113 Å². The van der Waals surface area contributed by atoms with Gasteiger partial charge in [-0.2, -0.15) is 0 Å². The monoisotopic (exact) mass is 260 g/mol. The van der Waals surface area contributed by atoms with Gasteiger partial charge in [0.15, 0.2) is 0 Å². The number of hydrogen-bond acceptors (Lipinski definition) is 3. The molecule has 2 fully saturated rings. The molecule has 1 N–H and O–H groups in total. The maximum absolute atomic E-state index is 12.6. The van der Waals surface area contributed by atoms with Gasteiger partial charge in [-0.15, -0.1) is 0 Å². The minimum Gasteiger partial charge on any atom is -0.388 e. The first-order valence-electron chi connectivity index (χ1n) is 6.90. The molecule has 1 amide bonds. The summed E-state index contributed by atoms with van der Waals surface area (Å²) in [5, 5.41) is 3.09. The van der Waals surface area contributed by atoms with E-state index in [1.165, 1.54) is 0 Å². The molecule has 0 aromatic heterocycles. The van der Waals surface area contributed by atoms with E-state index in [0.29, 0.717) is 0 Å². The number of benzene rings is 1. The average molecular weight is 260 g/mol. The highest BCUT2D eigenvalue weighted by Crippen LogP contribution is 2.27. The van der Waals surface area contributed by atoms with E-state index in [9.17, 15) is 4.79 Å². The van der Waals surface area contributed by atoms with Gasteiger partial charge in [-0.3, -0.25) is 4.79 Å². The number of morpholine rings is 1. The molecule has 1 aromatic rings. The number of ether oxygens (including phenoxy) is 1. The minimum atomic E-state index is 0.139. The van der Waals surface area contributed by atoms with Crippen molar-refractivity contribution in [1.29, 1.82) is 0 Å². The third kappa shape index (κ3) is 2.32. The van der Waals surface area contributed by atoms with Crippen molar-refractivity contribution < 1.29 is 9.53 Å². The zero-order chi connectivity index (χ0) is 13.4. The molecule has 4 nitrogen and oxygen atoms in total. The van der Waals surface area contributed by atoms with Crippen LogP contribution in [0.25, 0.3) is 0 Å². The number of rotatable bonds is 2. The number of aryl methyl sites for hydroxylation is 1. The van der Waals surface area contributed by atoms with Crippen LogP contribution in [-0.2, 0) is 4.74 Å². The Balaban J connectivity index is 1.80. The molecular formula is C15H20N2O2. The van der Waals surface area contributed by atoms with Crippen LogP contribution in [0.2, 0.25) is 0 Å². The molecule has 0 saturated carbocycles. The van der Waals surface area contributed by atoms with E-state index in [2.05, 4.69) is 5.32 Å². The fourth-order valence-corrected chi connectivity index (χ4v) is 3.01. The molecule has 1 aromatic carbocycles. The minimum absolute atomic E-state index is 0.139. The van der Waals surface area contributed by atoms with Crippen LogP contribution in [0.5, 0.6) is 0 Å². The van der Waals surface area contributed by atoms with Crippen molar-refractivity contribution in [3.8, 4) is 0 Å². The zero-order valence-electron chi connectivity index (χ0n) is 11.5. The number of nitrogens with one attached hydrogen (secondary N) is 1. The molecule has 0 aliphatic carbocycles. The van der Waals surface area contributed by atoms with Gasteiger partial charge in [0.05, 0.1) is 12.2 Å². The lowest BCUT2D eigenvalue weighted by molar-refractivity contribution is -0.0303. The molecule has 0 radical (unpaired) electrons. The van der Waals surface area contributed by atoms with Crippen LogP contribution >= 0.6 is 0 Å². The Morgan fingerprint density at radius 1 is 1.32 bits per heavy atom. The molecule has 102 valence electrons. The third-order valence-corrected chi connectivity index (χ3v) is 4.08. The number of carbonyl (C=O) groups excluding carboxylic acids is 1. The lowest BCUT2D eigenvalue weighted by Gasteiger charge is -2.32. The van der Waals surface area contributed by atoms with Gasteiger partial charge >= 0.3 is 0 Å². The Kier molecular flexibility index (Phi) is 3.19. The predicted octanol–water partition coefficient (Wildman–Crippen LogP) is 2.04. The van der Waals surface area contributed by atoms with Crippen LogP contribution in [-0.4, -0.2) is 43.2 Å². The van der Waals surface area contributed by atoms with Crippen molar-refractivity contribution in [3.63, 3.8) is 0 Å². The van der Waals surface area contributed by atoms with E-state index < -0.39 is 0 Å². The summed E-state index contributed by atoms with van der Waals surface area (Å²) >= 11 is 0. The second-order valence-corrected chi connectivity index (χ2v) is 5.45. The van der Waals surface area contributed by atoms with Crippen molar-refractivity contribution in [2.45, 2.75) is 32.0 Å². The van der Waals surface area contributed by atoms with E-state index in [-0.39, 0.29) is 18.1 Å². The average Bonchev–Trinajstić information content (AvgIpc) is 2.76. The molecule has 3 rings (SSSR count). The van der Waals surface area contributed by atoms with E-state index >= 15 is 0 Å². The normalized spacial score (nSPS) is 25.5. The summed E-state index contributed by atoms with van der Waals surface area (Å²) in [7, 11) is 1.88. The van der Waals surface area contributed by atoms with Gasteiger partial charge in [0.1, 0.15) is 0 Å². The van der Waals surface area contributed by atoms with Crippen LogP contribution < -0.4 is 5.32 Å². The van der Waals surface area contributed by atoms with Crippen molar-refractivity contribution in [1.82, 2.24) is 4.90 Å². The summed E-state index contributed by atoms with van der Waals surface area (Å²) in [5.41, 5.74) is 2.87. The van der Waals surface area contributed by atoms with E-state index in [4.69, 9.17) is 4.74 Å². The fraction of sp³-hybridized carbons (Fsp3) is 0.533. The van der Waals surface area contributed by atoms with Crippen LogP contribution in [0.4, 0.5) is 5.69 Å². The van der Waals surface area contributed by atoms with E-state index in [1.54, 1.807) is 0 Å². The molecule has 2 unspecified atom stereocenters. The number of likely N-dealkylation sites (tertiary alicyclic amines) is 1. The maximum Gasteiger partial charge on any atom is 0.254 e. The Morgan fingerprint density at radius 2 is 2.00 bits per heavy atom. The van der Waals surface area contributed by atoms with Crippen LogP contribution in [0, 0.1) is 6.92 Å². The van der Waals surface area contributed by atoms with Gasteiger partial charge < -0.3 is 15.0 Å². The van der Waals surface area contributed by atoms with Crippen molar-refractivity contribution in [2.75, 3.05) is 25.5 Å². The second kappa shape index (κ2) is 4.85. The van der Waals surface area contributed by atoms with Gasteiger partial charge in [-0.25, -0.2) is 0 Å². The number of fused-ring (bicyclic) bond motifs is 2. The van der Waals surface area contributed by atoms with E-state index in [1.807, 2.05) is 37.1 Å². The summed E-state index contributed by atoms with van der Waals surface area (Å²) in [6.45, 7) is 3.47. The quantitative estimate of drug-likeness (QED) is 0.884. The topological polar surface area (TPSA) is 41.6 Å². The van der Waals surface area contributed by atoms with Crippen LogP contribution in [0.1, 0.15) is 28.8 Å². The maximum atomic E-state index is 12.6. The van der Waals surface area contributed by atoms with Gasteiger partial charge in [0.25, 0.3) is 5.91 Å². The molecule has 2 aliphatic heterocycles. The molecule has 2 aliphatic rings. The Bertz CT molecular complexity index is 489. The molecule has 4 heteroatoms. The number of amides is 1. The Hall–Kier alpha value is -1.55. The molecular weight excluding hydrogens is 240 g/mol. The number of anilines is 1. The van der Waals surface area contributed by atoms with Crippen molar-refractivity contribution in [3.05, 3.63) is 29.3 Å². The summed E-state index contributed by atoms with van der Waals surface area (Å²) in [6.07, 6.45) is 2.68. The highest BCUT2D eigenvalue weighted by Gasteiger charge is 2.36. The van der Waals surface area contributed by atoms with E-state index in [0.717, 1.165) is 42.7 Å². The molecule has 2 heterocycles. The smallest absolute Gasteiger partial charge is 0.254 e. The lowest BCUT2D eigenvalue weighted by Crippen LogP contribution is -2.46. The van der Waals surface area contributed by atoms with Crippen LogP contribution in [0.3, 0.4) is 0 Å². The summed E-state index contributed by atoms with van der Waals surface area (Å²) in [6, 6.07) is 5.89. The standard InChI is InChI=1S/C15H20N2O2/c1-10-7-11(16-2)3-6-14(10)15(18)17-8-12-4-5-13(9-17)19-12/h3,6-7,12-13,16H,4-5,8-9H2,1-2H3. The SMILES string of the molecule is CNc1ccc(C(=O)N2CC3CCC(C2)O3)c(C)c1. The fourth-order valence-electron chi connectivity index (χ4n) is 3.01. The summed E-state index contributed by atoms with van der Waals surface area (Å²) < 4.78 is 5.78. The zero-order valence-corrected chi connectivity index (χ0v) is 11.5. The summed E-state index contributed by atoms with van der Waals surface area (Å²) in [5.74, 6) is 0.139. The Morgan fingerprint density at radius 3 is 2.58 bits per heavy atom. The molecule has 2 saturated heterocycles. The van der Waals surface area contributed by atoms with Gasteiger partial charge in [0, 0.05) is 31.4 Å². The van der Waals surface area contributed by atoms with Gasteiger partial charge in [0.2, 0.25) is 0 Å². The second-order valence-electron chi connectivity index (χ2n) is 5.45. The largest absolute Gasteiger partial charge is 0.388 e. The number of carbonyl (C=O) groups is 1. The molecule has 0 spiro atoms. The third-order valence-electron chi connectivity index (χ3n) is 4.08. The number of nitrogens with zero attached hydrogens (tertiary/aromatic N) is 1. The summed E-state index contributed by atoms with van der Waals surface area (Å²) in [4.78, 5) is 14.5. The highest BCUT2D eigenvalue weighted by molar-refractivity contribution is 5.96. The van der Waals surface area contributed by atoms with Crippen LogP contribution in [0.15, 0.2) is 18.2 Å². The van der Waals surface area contributed by atoms with Gasteiger partial charge in [-0.1, -0.05) is 0 Å². The highest BCUT2D eigenvalue weighted by atomic mass is 16.5. The first kappa shape index (κ1) is 12.5. The first-order chi connectivity index (χ1) is 9.17. The number of hydrogen-bond donors (Lipinski definition) is 1. The van der Waals surface area contributed by atoms with Gasteiger partial charge in [-0.05, 0) is 43.5 Å². The molecule has 2 bridgehead atoms. The first-order valence-corrected chi connectivity index (χ1v) is 6.90.